The van der Waals surface area contributed by atoms with E-state index in [4.69, 9.17) is 4.42 Å². The van der Waals surface area contributed by atoms with E-state index in [0.717, 1.165) is 18.9 Å². The number of fused-ring (bicyclic) bond motifs is 2. The smallest absolute Gasteiger partial charge is 0.417 e. The molecule has 1 saturated heterocycles. The molecule has 3 heterocycles. The van der Waals surface area contributed by atoms with E-state index in [1.807, 2.05) is 6.92 Å². The number of nitrogens with one attached hydrogen (secondary N) is 1. The van der Waals surface area contributed by atoms with Crippen LogP contribution in [0.2, 0.25) is 0 Å². The second-order valence-corrected chi connectivity index (χ2v) is 9.22. The average molecular weight is 493 g/mol. The van der Waals surface area contributed by atoms with Gasteiger partial charge in [-0.05, 0) is 30.9 Å². The number of aromatic nitrogens is 5. The zero-order valence-corrected chi connectivity index (χ0v) is 19.2. The van der Waals surface area contributed by atoms with E-state index in [2.05, 4.69) is 25.6 Å². The summed E-state index contributed by atoms with van der Waals surface area (Å²) in [5, 5.41) is 14.4. The summed E-state index contributed by atoms with van der Waals surface area (Å²) in [5.74, 6) is -0.617. The fourth-order valence-electron chi connectivity index (χ4n) is 5.18. The van der Waals surface area contributed by atoms with Crippen molar-refractivity contribution < 1.29 is 26.8 Å². The Hall–Kier alpha value is -3.51. The lowest BCUT2D eigenvalue weighted by Crippen LogP contribution is -2.67. The van der Waals surface area contributed by atoms with Crippen LogP contribution in [0, 0.1) is 18.7 Å². The predicted octanol–water partition coefficient (Wildman–Crippen LogP) is 4.65. The Bertz CT molecular complexity index is 1290. The van der Waals surface area contributed by atoms with Gasteiger partial charge in [0.25, 0.3) is 0 Å². The van der Waals surface area contributed by atoms with Gasteiger partial charge in [-0.3, -0.25) is 4.68 Å². The number of benzene rings is 1. The summed E-state index contributed by atoms with van der Waals surface area (Å²) in [6, 6.07) is 0.468. The molecule has 1 aliphatic heterocycles. The number of hydrogen-bond acceptors (Lipinski definition) is 6. The third kappa shape index (κ3) is 3.82. The highest BCUT2D eigenvalue weighted by Gasteiger charge is 2.61. The summed E-state index contributed by atoms with van der Waals surface area (Å²) >= 11 is 0. The zero-order chi connectivity index (χ0) is 25.1. The maximum atomic E-state index is 14.9. The molecule has 5 rings (SSSR count). The Labute approximate surface area is 197 Å². The quantitative estimate of drug-likeness (QED) is 0.533. The molecule has 1 aliphatic carbocycles. The number of likely N-dealkylation sites (tertiary alicyclic amines) is 1. The molecule has 2 fully saturated rings. The van der Waals surface area contributed by atoms with Crippen LogP contribution in [-0.2, 0) is 18.8 Å². The summed E-state index contributed by atoms with van der Waals surface area (Å²) in [5.41, 5.74) is -2.91. The lowest BCUT2D eigenvalue weighted by Gasteiger charge is -2.56. The van der Waals surface area contributed by atoms with Gasteiger partial charge in [0.05, 0.1) is 11.3 Å². The van der Waals surface area contributed by atoms with Crippen molar-refractivity contribution in [3.63, 3.8) is 0 Å². The Morgan fingerprint density at radius 2 is 2.06 bits per heavy atom. The number of anilines is 1. The first-order chi connectivity index (χ1) is 16.5. The fourth-order valence-corrected chi connectivity index (χ4v) is 5.18. The zero-order valence-electron chi connectivity index (χ0n) is 19.2. The van der Waals surface area contributed by atoms with E-state index >= 15 is 0 Å². The van der Waals surface area contributed by atoms with Crippen molar-refractivity contribution in [2.75, 3.05) is 5.32 Å². The summed E-state index contributed by atoms with van der Waals surface area (Å²) in [6.45, 7) is 3.68. The molecule has 3 atom stereocenters. The lowest BCUT2D eigenvalue weighted by atomic mass is 9.74. The van der Waals surface area contributed by atoms with Crippen molar-refractivity contribution in [2.45, 2.75) is 57.3 Å². The standard InChI is InChI=1S/C22H23F4N7O2/c1-11-5-4-6-21(19-30-29-12(2)35-19)9-17(11)33(21)20(34)28-16-7-13(18-27-10-32(3)31-18)14(8-15(16)23)22(24,25)26/h7-8,10-11,17H,4-6,9H2,1-3H3,(H,28,34)/t11-,17-,21-/m0/s1. The molecule has 1 aromatic carbocycles. The van der Waals surface area contributed by atoms with Crippen molar-refractivity contribution in [1.29, 1.82) is 0 Å². The van der Waals surface area contributed by atoms with Gasteiger partial charge in [-0.25, -0.2) is 14.2 Å². The van der Waals surface area contributed by atoms with Crippen LogP contribution in [0.4, 0.5) is 28.0 Å². The summed E-state index contributed by atoms with van der Waals surface area (Å²) in [7, 11) is 1.50. The fraction of sp³-hybridized carbons (Fsp3) is 0.500. The van der Waals surface area contributed by atoms with Crippen LogP contribution >= 0.6 is 0 Å². The van der Waals surface area contributed by atoms with Crippen LogP contribution < -0.4 is 5.32 Å². The molecule has 1 N–H and O–H groups in total. The van der Waals surface area contributed by atoms with E-state index in [0.29, 0.717) is 30.7 Å². The van der Waals surface area contributed by atoms with Gasteiger partial charge in [0, 0.05) is 32.0 Å². The molecular weight excluding hydrogens is 470 g/mol. The van der Waals surface area contributed by atoms with Gasteiger partial charge >= 0.3 is 12.2 Å². The minimum absolute atomic E-state index is 0.154. The number of carbonyl (C=O) groups excluding carboxylic acids is 1. The van der Waals surface area contributed by atoms with E-state index in [1.54, 1.807) is 11.8 Å². The Balaban J connectivity index is 1.52. The van der Waals surface area contributed by atoms with E-state index in [9.17, 15) is 22.4 Å². The van der Waals surface area contributed by atoms with E-state index in [1.165, 1.54) is 18.1 Å². The third-order valence-corrected chi connectivity index (χ3v) is 6.88. The highest BCUT2D eigenvalue weighted by molar-refractivity contribution is 5.92. The number of alkyl halides is 3. The number of urea groups is 1. The summed E-state index contributed by atoms with van der Waals surface area (Å²) in [6.07, 6.45) is -0.706. The number of hydrogen-bond donors (Lipinski definition) is 1. The molecule has 35 heavy (non-hydrogen) atoms. The first-order valence-electron chi connectivity index (χ1n) is 11.2. The SMILES string of the molecule is Cc1nnc([C@]23CCC[C@H](C)[C@H](C2)N3C(=O)Nc2cc(-c3ncn(C)n3)c(C(F)(F)F)cc2F)o1. The largest absolute Gasteiger partial charge is 0.423 e. The van der Waals surface area contributed by atoms with Crippen LogP contribution in [0.5, 0.6) is 0 Å². The highest BCUT2D eigenvalue weighted by Crippen LogP contribution is 2.54. The van der Waals surface area contributed by atoms with Crippen LogP contribution in [-0.4, -0.2) is 41.9 Å². The van der Waals surface area contributed by atoms with Crippen LogP contribution in [0.15, 0.2) is 22.9 Å². The molecule has 2 aromatic heterocycles. The van der Waals surface area contributed by atoms with E-state index in [-0.39, 0.29) is 17.8 Å². The summed E-state index contributed by atoms with van der Waals surface area (Å²) in [4.78, 5) is 18.9. The number of halogens is 4. The number of nitrogens with zero attached hydrogens (tertiary/aromatic N) is 6. The van der Waals surface area contributed by atoms with Crippen molar-refractivity contribution in [2.24, 2.45) is 13.0 Å². The van der Waals surface area contributed by atoms with Crippen molar-refractivity contribution in [3.8, 4) is 11.4 Å². The second-order valence-electron chi connectivity index (χ2n) is 9.22. The third-order valence-electron chi connectivity index (χ3n) is 6.88. The first-order valence-corrected chi connectivity index (χ1v) is 11.2. The number of carbonyl (C=O) groups is 1. The van der Waals surface area contributed by atoms with E-state index < -0.39 is 40.4 Å². The topological polar surface area (TPSA) is 102 Å². The van der Waals surface area contributed by atoms with Gasteiger partial charge in [0.2, 0.25) is 11.8 Å². The predicted molar refractivity (Wildman–Crippen MR) is 114 cm³/mol. The summed E-state index contributed by atoms with van der Waals surface area (Å²) < 4.78 is 62.7. The highest BCUT2D eigenvalue weighted by atomic mass is 19.4. The number of amides is 2. The van der Waals surface area contributed by atoms with Crippen molar-refractivity contribution in [3.05, 3.63) is 41.6 Å². The van der Waals surface area contributed by atoms with Gasteiger partial charge in [-0.15, -0.1) is 10.2 Å². The van der Waals surface area contributed by atoms with Crippen LogP contribution in [0.25, 0.3) is 11.4 Å². The Morgan fingerprint density at radius 3 is 2.69 bits per heavy atom. The maximum absolute atomic E-state index is 14.9. The Morgan fingerprint density at radius 1 is 1.29 bits per heavy atom. The molecule has 2 amide bonds. The molecule has 2 aliphatic rings. The molecule has 0 unspecified atom stereocenters. The van der Waals surface area contributed by atoms with Crippen molar-refractivity contribution in [1.82, 2.24) is 29.9 Å². The first kappa shape index (κ1) is 23.2. The Kier molecular flexibility index (Phi) is 5.33. The van der Waals surface area contributed by atoms with Gasteiger partial charge in [0.15, 0.2) is 5.82 Å². The average Bonchev–Trinajstić information content (AvgIpc) is 3.31. The molecule has 1 saturated carbocycles. The van der Waals surface area contributed by atoms with Crippen LogP contribution in [0.1, 0.15) is 50.0 Å². The normalized spacial score (nSPS) is 24.1. The van der Waals surface area contributed by atoms with Gasteiger partial charge < -0.3 is 14.6 Å². The molecule has 186 valence electrons. The minimum Gasteiger partial charge on any atom is -0.423 e. The number of rotatable bonds is 3. The van der Waals surface area contributed by atoms with Crippen LogP contribution in [0.3, 0.4) is 0 Å². The second kappa shape index (κ2) is 8.02. The molecule has 9 nitrogen and oxygen atoms in total. The van der Waals surface area contributed by atoms with Gasteiger partial charge in [-0.1, -0.05) is 13.3 Å². The van der Waals surface area contributed by atoms with Gasteiger partial charge in [-0.2, -0.15) is 18.3 Å². The molecule has 2 bridgehead atoms. The van der Waals surface area contributed by atoms with Gasteiger partial charge in [0.1, 0.15) is 17.7 Å². The minimum atomic E-state index is -4.85. The monoisotopic (exact) mass is 493 g/mol. The molecule has 3 aromatic rings. The molecule has 0 spiro atoms. The molecule has 13 heteroatoms. The lowest BCUT2D eigenvalue weighted by molar-refractivity contribution is -0.137. The maximum Gasteiger partial charge on any atom is 0.417 e. The molecule has 0 radical (unpaired) electrons. The molecular formula is C22H23F4N7O2. The van der Waals surface area contributed by atoms with Crippen molar-refractivity contribution >= 4 is 11.7 Å². The number of aryl methyl sites for hydroxylation is 2.